The van der Waals surface area contributed by atoms with E-state index in [0.29, 0.717) is 36.4 Å². The number of carboxylic acid groups (broad SMARTS) is 1. The number of carbonyl (C=O) groups excluding carboxylic acids is 1. The topological polar surface area (TPSA) is 82.5 Å². The molecule has 1 saturated heterocycles. The van der Waals surface area contributed by atoms with Gasteiger partial charge in [-0.1, -0.05) is 29.5 Å². The minimum Gasteiger partial charge on any atom is -0.481 e. The smallest absolute Gasteiger partial charge is 0.309 e. The zero-order valence-corrected chi connectivity index (χ0v) is 20.8. The predicted molar refractivity (Wildman–Crippen MR) is 130 cm³/mol. The maximum atomic E-state index is 13.3. The van der Waals surface area contributed by atoms with Crippen molar-refractivity contribution in [1.82, 2.24) is 10.3 Å². The SMILES string of the molecule is CCSc1nc(N2CC[C@@H](C(=O)O)C2I)ccc1C(=O)NC1C2CC3CC(C2)CC1C3. The number of aliphatic carboxylic acids is 1. The molecule has 0 radical (unpaired) electrons. The zero-order chi connectivity index (χ0) is 21.7. The predicted octanol–water partition coefficient (Wildman–Crippen LogP) is 4.42. The van der Waals surface area contributed by atoms with Gasteiger partial charge < -0.3 is 15.3 Å². The molecule has 2 heterocycles. The van der Waals surface area contributed by atoms with E-state index >= 15 is 0 Å². The van der Waals surface area contributed by atoms with Gasteiger partial charge in [0.2, 0.25) is 0 Å². The van der Waals surface area contributed by atoms with Crippen molar-refractivity contribution in [3.63, 3.8) is 0 Å². The Labute approximate surface area is 201 Å². The van der Waals surface area contributed by atoms with Gasteiger partial charge in [0, 0.05) is 12.6 Å². The van der Waals surface area contributed by atoms with E-state index in [-0.39, 0.29) is 15.9 Å². The van der Waals surface area contributed by atoms with Crippen LogP contribution in [0.1, 0.15) is 55.8 Å². The van der Waals surface area contributed by atoms with E-state index in [2.05, 4.69) is 39.7 Å². The summed E-state index contributed by atoms with van der Waals surface area (Å²) in [5.41, 5.74) is 0.656. The van der Waals surface area contributed by atoms with E-state index in [0.717, 1.165) is 28.4 Å². The molecule has 1 aromatic rings. The Morgan fingerprint density at radius 2 is 1.87 bits per heavy atom. The maximum absolute atomic E-state index is 13.3. The lowest BCUT2D eigenvalue weighted by Gasteiger charge is -2.54. The van der Waals surface area contributed by atoms with Crippen LogP contribution in [0.5, 0.6) is 0 Å². The summed E-state index contributed by atoms with van der Waals surface area (Å²) < 4.78 is -0.130. The lowest BCUT2D eigenvalue weighted by molar-refractivity contribution is -0.141. The lowest BCUT2D eigenvalue weighted by atomic mass is 9.54. The van der Waals surface area contributed by atoms with Crippen LogP contribution in [0.3, 0.4) is 0 Å². The van der Waals surface area contributed by atoms with Gasteiger partial charge in [0.25, 0.3) is 5.91 Å². The van der Waals surface area contributed by atoms with E-state index in [1.807, 2.05) is 12.1 Å². The van der Waals surface area contributed by atoms with E-state index in [4.69, 9.17) is 4.98 Å². The molecule has 2 atom stereocenters. The first-order chi connectivity index (χ1) is 14.9. The fraction of sp³-hybridized carbons (Fsp3) is 0.696. The van der Waals surface area contributed by atoms with Crippen molar-refractivity contribution in [2.75, 3.05) is 17.2 Å². The Morgan fingerprint density at radius 3 is 2.45 bits per heavy atom. The van der Waals surface area contributed by atoms with Crippen LogP contribution >= 0.6 is 34.4 Å². The van der Waals surface area contributed by atoms with Crippen LogP contribution in [0.4, 0.5) is 5.82 Å². The van der Waals surface area contributed by atoms with Crippen molar-refractivity contribution in [3.8, 4) is 0 Å². The summed E-state index contributed by atoms with van der Waals surface area (Å²) in [6.07, 6.45) is 7.15. The minimum atomic E-state index is -0.753. The van der Waals surface area contributed by atoms with Crippen LogP contribution in [-0.2, 0) is 4.79 Å². The zero-order valence-electron chi connectivity index (χ0n) is 17.8. The highest BCUT2D eigenvalue weighted by Crippen LogP contribution is 2.53. The first-order valence-electron chi connectivity index (χ1n) is 11.5. The van der Waals surface area contributed by atoms with Crippen molar-refractivity contribution < 1.29 is 14.7 Å². The van der Waals surface area contributed by atoms with Crippen LogP contribution in [-0.4, -0.2) is 44.4 Å². The first kappa shape index (κ1) is 21.8. The quantitative estimate of drug-likeness (QED) is 0.234. The fourth-order valence-corrected chi connectivity index (χ4v) is 8.62. The Kier molecular flexibility index (Phi) is 6.13. The molecule has 4 bridgehead atoms. The molecule has 1 aliphatic heterocycles. The largest absolute Gasteiger partial charge is 0.481 e. The van der Waals surface area contributed by atoms with E-state index < -0.39 is 5.97 Å². The van der Waals surface area contributed by atoms with Gasteiger partial charge in [-0.15, -0.1) is 11.8 Å². The number of nitrogens with zero attached hydrogens (tertiary/aromatic N) is 2. The number of halogens is 1. The summed E-state index contributed by atoms with van der Waals surface area (Å²) in [5, 5.41) is 13.6. The highest BCUT2D eigenvalue weighted by Gasteiger charge is 2.48. The third kappa shape index (κ3) is 4.07. The number of carboxylic acids is 1. The average molecular weight is 555 g/mol. The Balaban J connectivity index is 1.34. The van der Waals surface area contributed by atoms with E-state index in [1.165, 1.54) is 32.1 Å². The third-order valence-electron chi connectivity index (χ3n) is 7.82. The summed E-state index contributed by atoms with van der Waals surface area (Å²) in [4.78, 5) is 31.7. The van der Waals surface area contributed by atoms with Crippen molar-refractivity contribution >= 4 is 52.0 Å². The summed E-state index contributed by atoms with van der Waals surface area (Å²) >= 11 is 3.79. The van der Waals surface area contributed by atoms with Gasteiger partial charge in [0.15, 0.2) is 0 Å². The molecule has 168 valence electrons. The molecule has 5 fully saturated rings. The molecular formula is C23H30IN3O3S. The number of anilines is 1. The van der Waals surface area contributed by atoms with Crippen LogP contribution < -0.4 is 10.2 Å². The molecular weight excluding hydrogens is 525 g/mol. The molecule has 6 nitrogen and oxygen atoms in total. The molecule has 4 aliphatic carbocycles. The summed E-state index contributed by atoms with van der Waals surface area (Å²) in [5.74, 6) is 3.53. The van der Waals surface area contributed by atoms with Gasteiger partial charge in [-0.05, 0) is 80.1 Å². The number of pyridine rings is 1. The monoisotopic (exact) mass is 555 g/mol. The van der Waals surface area contributed by atoms with Crippen LogP contribution in [0.25, 0.3) is 0 Å². The number of hydrogen-bond acceptors (Lipinski definition) is 5. The number of hydrogen-bond donors (Lipinski definition) is 2. The fourth-order valence-electron chi connectivity index (χ4n) is 6.64. The molecule has 8 heteroatoms. The average Bonchev–Trinajstić information content (AvgIpc) is 3.12. The summed E-state index contributed by atoms with van der Waals surface area (Å²) in [6, 6.07) is 4.10. The second-order valence-corrected chi connectivity index (χ2v) is 12.2. The Bertz CT molecular complexity index is 854. The second kappa shape index (κ2) is 8.72. The molecule has 4 saturated carbocycles. The molecule has 0 spiro atoms. The highest BCUT2D eigenvalue weighted by atomic mass is 127. The number of nitrogens with one attached hydrogen (secondary N) is 1. The molecule has 1 unspecified atom stereocenters. The Morgan fingerprint density at radius 1 is 1.19 bits per heavy atom. The van der Waals surface area contributed by atoms with Gasteiger partial charge in [0.05, 0.1) is 15.5 Å². The first-order valence-corrected chi connectivity index (χ1v) is 13.8. The number of carbonyl (C=O) groups is 2. The maximum Gasteiger partial charge on any atom is 0.309 e. The highest BCUT2D eigenvalue weighted by molar-refractivity contribution is 14.1. The van der Waals surface area contributed by atoms with Crippen LogP contribution in [0, 0.1) is 29.6 Å². The van der Waals surface area contributed by atoms with Gasteiger partial charge in [-0.3, -0.25) is 9.59 Å². The molecule has 5 aliphatic rings. The second-order valence-electron chi connectivity index (χ2n) is 9.68. The third-order valence-corrected chi connectivity index (χ3v) is 10.2. The number of rotatable bonds is 6. The molecule has 0 aromatic carbocycles. The van der Waals surface area contributed by atoms with Gasteiger partial charge in [-0.25, -0.2) is 4.98 Å². The van der Waals surface area contributed by atoms with E-state index in [1.54, 1.807) is 11.8 Å². The van der Waals surface area contributed by atoms with Gasteiger partial charge in [-0.2, -0.15) is 0 Å². The van der Waals surface area contributed by atoms with Gasteiger partial charge >= 0.3 is 5.97 Å². The number of aromatic nitrogens is 1. The van der Waals surface area contributed by atoms with Crippen molar-refractivity contribution in [2.24, 2.45) is 29.6 Å². The van der Waals surface area contributed by atoms with Crippen LogP contribution in [0.2, 0.25) is 0 Å². The van der Waals surface area contributed by atoms with Crippen molar-refractivity contribution in [3.05, 3.63) is 17.7 Å². The summed E-state index contributed by atoms with van der Waals surface area (Å²) in [7, 11) is 0. The van der Waals surface area contributed by atoms with E-state index in [9.17, 15) is 14.7 Å². The van der Waals surface area contributed by atoms with Gasteiger partial charge in [0.1, 0.15) is 10.8 Å². The lowest BCUT2D eigenvalue weighted by Crippen LogP contribution is -2.55. The molecule has 1 aromatic heterocycles. The van der Waals surface area contributed by atoms with Crippen molar-refractivity contribution in [1.29, 1.82) is 0 Å². The molecule has 1 amide bonds. The molecule has 6 rings (SSSR count). The summed E-state index contributed by atoms with van der Waals surface area (Å²) in [6.45, 7) is 2.74. The number of alkyl halides is 1. The normalized spacial score (nSPS) is 36.1. The number of amides is 1. The Hall–Kier alpha value is -1.03. The molecule has 31 heavy (non-hydrogen) atoms. The van der Waals surface area contributed by atoms with Crippen LogP contribution in [0.15, 0.2) is 17.2 Å². The standard InChI is InChI=1S/C23H30IN3O3S/c1-2-31-22-17(3-4-18(25-22)27-6-5-16(20(27)24)23(29)30)21(28)26-19-14-8-12-7-13(10-14)11-15(19)9-12/h3-4,12-16,19-20H,2,5-11H2,1H3,(H,26,28)(H,29,30)/t12?,13?,14?,15?,16-,19?,20?/m1/s1. The number of thioether (sulfide) groups is 1. The molecule has 2 N–H and O–H groups in total. The minimum absolute atomic E-state index is 0.00308. The van der Waals surface area contributed by atoms with Crippen molar-refractivity contribution in [2.45, 2.75) is 60.6 Å².